The number of nitrogens with zero attached hydrogens (tertiary/aromatic N) is 2. The van der Waals surface area contributed by atoms with Crippen LogP contribution in [0.4, 0.5) is 0 Å². The molecule has 0 aliphatic carbocycles. The van der Waals surface area contributed by atoms with Gasteiger partial charge in [-0.25, -0.2) is 4.79 Å². The standard InChI is InChI=1S/C16H24N2O2.ClH/c1-3-4-8-13-11-17-16(20-2)14(12-19)15(13)18-9-6-5-7-10-18;/h11,16H,3-10H2,1-2H3;1H. The summed E-state index contributed by atoms with van der Waals surface area (Å²) in [6.45, 7) is 4.20. The second-order valence-electron chi connectivity index (χ2n) is 5.41. The van der Waals surface area contributed by atoms with Gasteiger partial charge in [0.1, 0.15) is 11.5 Å². The van der Waals surface area contributed by atoms with Gasteiger partial charge in [-0.05, 0) is 37.7 Å². The number of unbranched alkanes of at least 4 members (excludes halogenated alkanes) is 1. The fourth-order valence-electron chi connectivity index (χ4n) is 2.90. The molecule has 2 aliphatic heterocycles. The summed E-state index contributed by atoms with van der Waals surface area (Å²) in [6.07, 6.45) is 8.27. The van der Waals surface area contributed by atoms with Crippen molar-refractivity contribution >= 4 is 24.6 Å². The molecule has 21 heavy (non-hydrogen) atoms. The minimum Gasteiger partial charge on any atom is -0.370 e. The Balaban J connectivity index is 0.00000220. The van der Waals surface area contributed by atoms with E-state index in [9.17, 15) is 4.79 Å². The van der Waals surface area contributed by atoms with Crippen molar-refractivity contribution < 1.29 is 9.53 Å². The highest BCUT2D eigenvalue weighted by atomic mass is 35.5. The van der Waals surface area contributed by atoms with Crippen molar-refractivity contribution in [2.75, 3.05) is 20.2 Å². The Morgan fingerprint density at radius 1 is 1.38 bits per heavy atom. The molecule has 0 bridgehead atoms. The van der Waals surface area contributed by atoms with Gasteiger partial charge in [0, 0.05) is 26.4 Å². The van der Waals surface area contributed by atoms with Gasteiger partial charge in [0.05, 0.1) is 5.70 Å². The molecule has 2 rings (SSSR count). The molecule has 0 aromatic heterocycles. The van der Waals surface area contributed by atoms with E-state index < -0.39 is 6.23 Å². The van der Waals surface area contributed by atoms with Crippen molar-refractivity contribution in [1.29, 1.82) is 0 Å². The maximum atomic E-state index is 11.4. The minimum absolute atomic E-state index is 0. The average Bonchev–Trinajstić information content (AvgIpc) is 2.52. The number of rotatable bonds is 5. The summed E-state index contributed by atoms with van der Waals surface area (Å²) in [6, 6.07) is 0. The number of carbonyl (C=O) groups excluding carboxylic acids is 1. The Hall–Kier alpha value is -1.09. The average molecular weight is 313 g/mol. The molecule has 1 fully saturated rings. The van der Waals surface area contributed by atoms with E-state index >= 15 is 0 Å². The third-order valence-electron chi connectivity index (χ3n) is 3.98. The monoisotopic (exact) mass is 312 g/mol. The first-order chi connectivity index (χ1) is 9.81. The van der Waals surface area contributed by atoms with E-state index in [2.05, 4.69) is 22.8 Å². The van der Waals surface area contributed by atoms with Crippen LogP contribution in [0.25, 0.3) is 0 Å². The van der Waals surface area contributed by atoms with Gasteiger partial charge in [-0.3, -0.25) is 4.99 Å². The molecule has 0 aromatic carbocycles. The predicted molar refractivity (Wildman–Crippen MR) is 87.7 cm³/mol. The lowest BCUT2D eigenvalue weighted by atomic mass is 9.97. The fraction of sp³-hybridized carbons (Fsp3) is 0.688. The van der Waals surface area contributed by atoms with E-state index in [4.69, 9.17) is 4.74 Å². The van der Waals surface area contributed by atoms with Crippen LogP contribution in [0.2, 0.25) is 0 Å². The number of hydrogen-bond acceptors (Lipinski definition) is 4. The van der Waals surface area contributed by atoms with E-state index in [1.165, 1.54) is 24.8 Å². The topological polar surface area (TPSA) is 41.9 Å². The number of piperidine rings is 1. The van der Waals surface area contributed by atoms with Crippen molar-refractivity contribution in [2.45, 2.75) is 51.7 Å². The van der Waals surface area contributed by atoms with Gasteiger partial charge < -0.3 is 9.64 Å². The van der Waals surface area contributed by atoms with Gasteiger partial charge in [0.25, 0.3) is 0 Å². The number of hydrogen-bond donors (Lipinski definition) is 0. The van der Waals surface area contributed by atoms with Crippen LogP contribution < -0.4 is 0 Å². The second kappa shape index (κ2) is 9.04. The summed E-state index contributed by atoms with van der Waals surface area (Å²) in [5.74, 6) is 2.09. The highest BCUT2D eigenvalue weighted by Gasteiger charge is 2.29. The molecule has 1 atom stereocenters. The van der Waals surface area contributed by atoms with Crippen molar-refractivity contribution in [3.05, 3.63) is 16.8 Å². The largest absolute Gasteiger partial charge is 0.370 e. The van der Waals surface area contributed by atoms with E-state index in [0.29, 0.717) is 5.57 Å². The first kappa shape index (κ1) is 18.0. The summed E-state index contributed by atoms with van der Waals surface area (Å²) in [4.78, 5) is 18.1. The number of aliphatic imine (C=N–C) groups is 1. The molecule has 0 radical (unpaired) electrons. The number of ether oxygens (including phenoxy) is 1. The molecule has 0 spiro atoms. The second-order valence-corrected chi connectivity index (χ2v) is 5.41. The Kier molecular flexibility index (Phi) is 7.73. The number of methoxy groups -OCH3 is 1. The quantitative estimate of drug-likeness (QED) is 0.732. The Labute approximate surface area is 133 Å². The highest BCUT2D eigenvalue weighted by Crippen LogP contribution is 2.30. The molecule has 4 nitrogen and oxygen atoms in total. The molecular weight excluding hydrogens is 288 g/mol. The Morgan fingerprint density at radius 3 is 2.67 bits per heavy atom. The lowest BCUT2D eigenvalue weighted by Gasteiger charge is -2.35. The summed E-state index contributed by atoms with van der Waals surface area (Å²) < 4.78 is 5.31. The molecular formula is C16H25ClN2O2. The van der Waals surface area contributed by atoms with Crippen molar-refractivity contribution in [1.82, 2.24) is 4.90 Å². The number of allylic oxidation sites excluding steroid dienone is 1. The van der Waals surface area contributed by atoms with E-state index in [1.807, 2.05) is 6.21 Å². The van der Waals surface area contributed by atoms with E-state index in [0.717, 1.165) is 38.0 Å². The van der Waals surface area contributed by atoms with Crippen molar-refractivity contribution in [2.24, 2.45) is 4.99 Å². The molecule has 0 saturated carbocycles. The van der Waals surface area contributed by atoms with Gasteiger partial charge in [-0.1, -0.05) is 13.3 Å². The summed E-state index contributed by atoms with van der Waals surface area (Å²) >= 11 is 0. The van der Waals surface area contributed by atoms with E-state index in [-0.39, 0.29) is 12.4 Å². The zero-order chi connectivity index (χ0) is 14.4. The van der Waals surface area contributed by atoms with Crippen LogP contribution in [-0.4, -0.2) is 43.5 Å². The van der Waals surface area contributed by atoms with Crippen molar-refractivity contribution in [3.8, 4) is 0 Å². The molecule has 0 amide bonds. The molecule has 118 valence electrons. The molecule has 1 unspecified atom stereocenters. The van der Waals surface area contributed by atoms with Gasteiger partial charge in [0.15, 0.2) is 6.23 Å². The zero-order valence-electron chi connectivity index (χ0n) is 12.9. The summed E-state index contributed by atoms with van der Waals surface area (Å²) in [5.41, 5.74) is 2.78. The van der Waals surface area contributed by atoms with E-state index in [1.54, 1.807) is 7.11 Å². The number of likely N-dealkylation sites (tertiary alicyclic amines) is 1. The lowest BCUT2D eigenvalue weighted by molar-refractivity contribution is 0.135. The van der Waals surface area contributed by atoms with Crippen LogP contribution >= 0.6 is 12.4 Å². The van der Waals surface area contributed by atoms with Crippen LogP contribution in [0.3, 0.4) is 0 Å². The van der Waals surface area contributed by atoms with Crippen LogP contribution in [0.15, 0.2) is 21.8 Å². The normalized spacial score (nSPS) is 22.1. The lowest BCUT2D eigenvalue weighted by Crippen LogP contribution is -2.35. The molecule has 5 heteroatoms. The third kappa shape index (κ3) is 4.19. The molecule has 2 heterocycles. The third-order valence-corrected chi connectivity index (χ3v) is 3.98. The number of halogens is 1. The first-order valence-electron chi connectivity index (χ1n) is 7.61. The fourth-order valence-corrected chi connectivity index (χ4v) is 2.90. The molecule has 0 N–H and O–H groups in total. The van der Waals surface area contributed by atoms with Gasteiger partial charge >= 0.3 is 0 Å². The predicted octanol–water partition coefficient (Wildman–Crippen LogP) is 3.15. The van der Waals surface area contributed by atoms with Gasteiger partial charge in [-0.2, -0.15) is 0 Å². The zero-order valence-corrected chi connectivity index (χ0v) is 13.7. The van der Waals surface area contributed by atoms with Crippen LogP contribution in [0.5, 0.6) is 0 Å². The summed E-state index contributed by atoms with van der Waals surface area (Å²) in [7, 11) is 1.59. The minimum atomic E-state index is -0.491. The van der Waals surface area contributed by atoms with Crippen LogP contribution in [-0.2, 0) is 9.53 Å². The first-order valence-corrected chi connectivity index (χ1v) is 7.61. The van der Waals surface area contributed by atoms with Crippen LogP contribution in [0, 0.1) is 0 Å². The van der Waals surface area contributed by atoms with Gasteiger partial charge in [0.2, 0.25) is 0 Å². The maximum Gasteiger partial charge on any atom is 0.186 e. The van der Waals surface area contributed by atoms with Crippen molar-refractivity contribution in [3.63, 3.8) is 0 Å². The molecule has 0 aromatic rings. The number of dihydropyridines is 1. The van der Waals surface area contributed by atoms with Gasteiger partial charge in [-0.15, -0.1) is 12.4 Å². The Bertz CT molecular complexity index is 447. The highest BCUT2D eigenvalue weighted by molar-refractivity contribution is 5.86. The smallest absolute Gasteiger partial charge is 0.186 e. The SMILES string of the molecule is CCCCC1=C(N2CCCCC2)C(=C=O)C(OC)N=C1.Cl. The molecule has 2 aliphatic rings. The van der Waals surface area contributed by atoms with Crippen LogP contribution in [0.1, 0.15) is 45.4 Å². The molecule has 1 saturated heterocycles. The summed E-state index contributed by atoms with van der Waals surface area (Å²) in [5, 5.41) is 0. The Morgan fingerprint density at radius 2 is 2.10 bits per heavy atom. The maximum absolute atomic E-state index is 11.4.